The van der Waals surface area contributed by atoms with Crippen molar-refractivity contribution in [1.82, 2.24) is 0 Å². The molecule has 0 aromatic heterocycles. The molecule has 1 aliphatic rings. The maximum Gasteiger partial charge on any atom is 0.0668 e. The van der Waals surface area contributed by atoms with Crippen molar-refractivity contribution in [2.24, 2.45) is 5.73 Å². The Morgan fingerprint density at radius 1 is 1.56 bits per heavy atom. The quantitative estimate of drug-likeness (QED) is 0.904. The number of hydrogen-bond donors (Lipinski definition) is 1. The Hall–Kier alpha value is -0.580. The van der Waals surface area contributed by atoms with E-state index in [1.165, 1.54) is 5.69 Å². The first-order valence-electron chi connectivity index (χ1n) is 5.55. The van der Waals surface area contributed by atoms with Gasteiger partial charge in [0.15, 0.2) is 0 Å². The molecule has 0 aliphatic carbocycles. The van der Waals surface area contributed by atoms with E-state index >= 15 is 0 Å². The maximum absolute atomic E-state index is 5.64. The highest BCUT2D eigenvalue weighted by atomic mass is 79.9. The predicted octanol–water partition coefficient (Wildman–Crippen LogP) is 2.13. The van der Waals surface area contributed by atoms with E-state index in [2.05, 4.69) is 46.0 Å². The van der Waals surface area contributed by atoms with Crippen LogP contribution in [0.3, 0.4) is 0 Å². The summed E-state index contributed by atoms with van der Waals surface area (Å²) < 4.78 is 6.52. The summed E-state index contributed by atoms with van der Waals surface area (Å²) in [6.45, 7) is 5.32. The molecule has 0 radical (unpaired) electrons. The average molecular weight is 285 g/mol. The lowest BCUT2D eigenvalue weighted by Gasteiger charge is -2.35. The Labute approximate surface area is 105 Å². The standard InChI is InChI=1S/C12H17BrN2O/c1-9-8-16-5-4-15(9)11-3-2-10(7-14)12(13)6-11/h2-3,6,9H,4-5,7-8,14H2,1H3. The van der Waals surface area contributed by atoms with Gasteiger partial charge in [0, 0.05) is 29.3 Å². The summed E-state index contributed by atoms with van der Waals surface area (Å²) in [7, 11) is 0. The van der Waals surface area contributed by atoms with Crippen LogP contribution >= 0.6 is 15.9 Å². The zero-order valence-electron chi connectivity index (χ0n) is 9.45. The minimum absolute atomic E-state index is 0.435. The second kappa shape index (κ2) is 5.17. The van der Waals surface area contributed by atoms with Crippen molar-refractivity contribution in [3.63, 3.8) is 0 Å². The van der Waals surface area contributed by atoms with Crippen LogP contribution in [0, 0.1) is 0 Å². The summed E-state index contributed by atoms with van der Waals surface area (Å²) in [5, 5.41) is 0. The van der Waals surface area contributed by atoms with Crippen molar-refractivity contribution in [3.8, 4) is 0 Å². The molecule has 2 rings (SSSR count). The second-order valence-electron chi connectivity index (χ2n) is 4.10. The molecule has 2 N–H and O–H groups in total. The molecule has 1 fully saturated rings. The highest BCUT2D eigenvalue weighted by Gasteiger charge is 2.19. The van der Waals surface area contributed by atoms with Gasteiger partial charge in [-0.05, 0) is 24.6 Å². The normalized spacial score (nSPS) is 21.2. The molecule has 16 heavy (non-hydrogen) atoms. The minimum Gasteiger partial charge on any atom is -0.377 e. The van der Waals surface area contributed by atoms with Gasteiger partial charge in [-0.3, -0.25) is 0 Å². The Balaban J connectivity index is 2.22. The molecule has 1 saturated heterocycles. The molecule has 4 heteroatoms. The number of nitrogens with two attached hydrogens (primary N) is 1. The van der Waals surface area contributed by atoms with Gasteiger partial charge in [-0.25, -0.2) is 0 Å². The fraction of sp³-hybridized carbons (Fsp3) is 0.500. The van der Waals surface area contributed by atoms with Gasteiger partial charge in [-0.15, -0.1) is 0 Å². The lowest BCUT2D eigenvalue weighted by atomic mass is 10.1. The van der Waals surface area contributed by atoms with Gasteiger partial charge in [0.05, 0.1) is 13.2 Å². The SMILES string of the molecule is CC1COCCN1c1ccc(CN)c(Br)c1. The van der Waals surface area contributed by atoms with Crippen LogP contribution < -0.4 is 10.6 Å². The van der Waals surface area contributed by atoms with Crippen molar-refractivity contribution in [3.05, 3.63) is 28.2 Å². The van der Waals surface area contributed by atoms with Crippen LogP contribution in [0.4, 0.5) is 5.69 Å². The molecule has 0 bridgehead atoms. The largest absolute Gasteiger partial charge is 0.377 e. The number of anilines is 1. The summed E-state index contributed by atoms with van der Waals surface area (Å²) in [4.78, 5) is 2.37. The Kier molecular flexibility index (Phi) is 3.84. The topological polar surface area (TPSA) is 38.5 Å². The van der Waals surface area contributed by atoms with Gasteiger partial charge in [0.25, 0.3) is 0 Å². The van der Waals surface area contributed by atoms with E-state index in [0.717, 1.165) is 29.8 Å². The van der Waals surface area contributed by atoms with Gasteiger partial charge in [0.2, 0.25) is 0 Å². The van der Waals surface area contributed by atoms with E-state index in [1.54, 1.807) is 0 Å². The van der Waals surface area contributed by atoms with Crippen LogP contribution in [0.5, 0.6) is 0 Å². The number of ether oxygens (including phenoxy) is 1. The number of rotatable bonds is 2. The van der Waals surface area contributed by atoms with Gasteiger partial charge in [-0.1, -0.05) is 22.0 Å². The number of nitrogens with zero attached hydrogens (tertiary/aromatic N) is 1. The van der Waals surface area contributed by atoms with Crippen molar-refractivity contribution >= 4 is 21.6 Å². The summed E-state index contributed by atoms with van der Waals surface area (Å²) in [5.74, 6) is 0. The van der Waals surface area contributed by atoms with Crippen LogP contribution in [-0.2, 0) is 11.3 Å². The van der Waals surface area contributed by atoms with Crippen molar-refractivity contribution in [1.29, 1.82) is 0 Å². The van der Waals surface area contributed by atoms with Gasteiger partial charge in [-0.2, -0.15) is 0 Å². The monoisotopic (exact) mass is 284 g/mol. The lowest BCUT2D eigenvalue weighted by Crippen LogP contribution is -2.43. The van der Waals surface area contributed by atoms with Crippen molar-refractivity contribution < 1.29 is 4.74 Å². The summed E-state index contributed by atoms with van der Waals surface area (Å²) in [6, 6.07) is 6.80. The molecule has 1 unspecified atom stereocenters. The first kappa shape index (κ1) is 11.9. The third-order valence-corrected chi connectivity index (χ3v) is 3.69. The van der Waals surface area contributed by atoms with Crippen LogP contribution in [-0.4, -0.2) is 25.8 Å². The number of benzene rings is 1. The zero-order chi connectivity index (χ0) is 11.5. The third-order valence-electron chi connectivity index (χ3n) is 2.96. The van der Waals surface area contributed by atoms with E-state index in [1.807, 2.05) is 0 Å². The van der Waals surface area contributed by atoms with E-state index in [9.17, 15) is 0 Å². The molecule has 0 saturated carbocycles. The summed E-state index contributed by atoms with van der Waals surface area (Å²) >= 11 is 3.56. The highest BCUT2D eigenvalue weighted by Crippen LogP contribution is 2.26. The van der Waals surface area contributed by atoms with Crippen molar-refractivity contribution in [2.45, 2.75) is 19.5 Å². The smallest absolute Gasteiger partial charge is 0.0668 e. The van der Waals surface area contributed by atoms with E-state index in [0.29, 0.717) is 12.6 Å². The molecule has 3 nitrogen and oxygen atoms in total. The van der Waals surface area contributed by atoms with E-state index < -0.39 is 0 Å². The van der Waals surface area contributed by atoms with Crippen molar-refractivity contribution in [2.75, 3.05) is 24.7 Å². The average Bonchev–Trinajstić information content (AvgIpc) is 2.29. The van der Waals surface area contributed by atoms with Gasteiger partial charge >= 0.3 is 0 Å². The number of hydrogen-bond acceptors (Lipinski definition) is 3. The molecule has 1 heterocycles. The molecule has 1 aromatic carbocycles. The Morgan fingerprint density at radius 3 is 3.00 bits per heavy atom. The number of morpholine rings is 1. The maximum atomic E-state index is 5.64. The van der Waals surface area contributed by atoms with E-state index in [-0.39, 0.29) is 0 Å². The van der Waals surface area contributed by atoms with Crippen LogP contribution in [0.1, 0.15) is 12.5 Å². The second-order valence-corrected chi connectivity index (χ2v) is 4.95. The molecule has 88 valence electrons. The minimum atomic E-state index is 0.435. The highest BCUT2D eigenvalue weighted by molar-refractivity contribution is 9.10. The van der Waals surface area contributed by atoms with Gasteiger partial charge in [0.1, 0.15) is 0 Å². The molecule has 1 aromatic rings. The Morgan fingerprint density at radius 2 is 2.38 bits per heavy atom. The fourth-order valence-electron chi connectivity index (χ4n) is 1.99. The summed E-state index contributed by atoms with van der Waals surface area (Å²) in [5.41, 5.74) is 8.02. The lowest BCUT2D eigenvalue weighted by molar-refractivity contribution is 0.0989. The van der Waals surface area contributed by atoms with Crippen LogP contribution in [0.25, 0.3) is 0 Å². The number of halogens is 1. The fourth-order valence-corrected chi connectivity index (χ4v) is 2.52. The van der Waals surface area contributed by atoms with Gasteiger partial charge < -0.3 is 15.4 Å². The van der Waals surface area contributed by atoms with Crippen LogP contribution in [0.15, 0.2) is 22.7 Å². The Bertz CT molecular complexity index is 370. The van der Waals surface area contributed by atoms with E-state index in [4.69, 9.17) is 10.5 Å². The predicted molar refractivity (Wildman–Crippen MR) is 69.7 cm³/mol. The first-order chi connectivity index (χ1) is 7.72. The molecular formula is C12H17BrN2O. The first-order valence-corrected chi connectivity index (χ1v) is 6.34. The third kappa shape index (κ3) is 2.39. The molecule has 1 aliphatic heterocycles. The molecule has 1 atom stereocenters. The molecular weight excluding hydrogens is 268 g/mol. The molecule has 0 amide bonds. The van der Waals surface area contributed by atoms with Crippen LogP contribution in [0.2, 0.25) is 0 Å². The zero-order valence-corrected chi connectivity index (χ0v) is 11.0. The summed E-state index contributed by atoms with van der Waals surface area (Å²) in [6.07, 6.45) is 0. The molecule has 0 spiro atoms.